The van der Waals surface area contributed by atoms with Gasteiger partial charge in [0.1, 0.15) is 6.54 Å². The second kappa shape index (κ2) is 11.5. The molecule has 0 aliphatic carbocycles. The first kappa shape index (κ1) is 24.3. The van der Waals surface area contributed by atoms with Crippen molar-refractivity contribution in [2.45, 2.75) is 52.2 Å². The molecular formula is C28H35N3O2. The van der Waals surface area contributed by atoms with E-state index >= 15 is 0 Å². The number of aryl methyl sites for hydroxylation is 1. The third-order valence-corrected chi connectivity index (χ3v) is 6.09. The van der Waals surface area contributed by atoms with Crippen LogP contribution in [0.5, 0.6) is 0 Å². The standard InChI is InChI=1S/C28H35N3O2/c1-5-26(24-15-10-7-11-16-24)28(33)31(22(2)3)21-27(32)30(19-23-13-8-6-9-14-23)20-25-17-12-18-29(25)4/h6-18,22,26H,5,19-21H2,1-4H3. The Morgan fingerprint density at radius 3 is 2.06 bits per heavy atom. The van der Waals surface area contributed by atoms with E-state index in [-0.39, 0.29) is 30.3 Å². The lowest BCUT2D eigenvalue weighted by Gasteiger charge is -2.32. The van der Waals surface area contributed by atoms with E-state index in [1.807, 2.05) is 116 Å². The van der Waals surface area contributed by atoms with Crippen LogP contribution in [0.4, 0.5) is 0 Å². The van der Waals surface area contributed by atoms with Gasteiger partial charge in [-0.3, -0.25) is 9.59 Å². The molecule has 0 saturated carbocycles. The fourth-order valence-electron chi connectivity index (χ4n) is 4.09. The van der Waals surface area contributed by atoms with E-state index in [9.17, 15) is 9.59 Å². The van der Waals surface area contributed by atoms with Crippen molar-refractivity contribution in [2.75, 3.05) is 6.54 Å². The summed E-state index contributed by atoms with van der Waals surface area (Å²) in [5, 5.41) is 0. The lowest BCUT2D eigenvalue weighted by molar-refractivity contribution is -0.143. The quantitative estimate of drug-likeness (QED) is 0.442. The van der Waals surface area contributed by atoms with Gasteiger partial charge in [-0.1, -0.05) is 67.6 Å². The summed E-state index contributed by atoms with van der Waals surface area (Å²) in [5.41, 5.74) is 3.11. The van der Waals surface area contributed by atoms with E-state index in [1.165, 1.54) is 0 Å². The number of hydrogen-bond donors (Lipinski definition) is 0. The number of aromatic nitrogens is 1. The summed E-state index contributed by atoms with van der Waals surface area (Å²) in [6.07, 6.45) is 2.67. The SMILES string of the molecule is CCC(C(=O)N(CC(=O)N(Cc1ccccc1)Cc1cccn1C)C(C)C)c1ccccc1. The number of hydrogen-bond acceptors (Lipinski definition) is 2. The van der Waals surface area contributed by atoms with Crippen molar-refractivity contribution in [2.24, 2.45) is 7.05 Å². The van der Waals surface area contributed by atoms with E-state index in [0.29, 0.717) is 19.5 Å². The van der Waals surface area contributed by atoms with Crippen LogP contribution in [0.2, 0.25) is 0 Å². The first-order chi connectivity index (χ1) is 15.9. The van der Waals surface area contributed by atoms with Crippen LogP contribution in [0.25, 0.3) is 0 Å². The summed E-state index contributed by atoms with van der Waals surface area (Å²) < 4.78 is 2.03. The van der Waals surface area contributed by atoms with Gasteiger partial charge in [-0.25, -0.2) is 0 Å². The molecule has 2 amide bonds. The van der Waals surface area contributed by atoms with Gasteiger partial charge < -0.3 is 14.4 Å². The number of carbonyl (C=O) groups is 2. The minimum atomic E-state index is -0.253. The van der Waals surface area contributed by atoms with Gasteiger partial charge in [0, 0.05) is 31.5 Å². The molecule has 1 unspecified atom stereocenters. The third kappa shape index (κ3) is 6.35. The second-order valence-electron chi connectivity index (χ2n) is 8.78. The Morgan fingerprint density at radius 1 is 0.879 bits per heavy atom. The van der Waals surface area contributed by atoms with Gasteiger partial charge in [-0.15, -0.1) is 0 Å². The summed E-state index contributed by atoms with van der Waals surface area (Å²) >= 11 is 0. The van der Waals surface area contributed by atoms with Crippen LogP contribution < -0.4 is 0 Å². The maximum Gasteiger partial charge on any atom is 0.242 e. The molecule has 1 aromatic heterocycles. The highest BCUT2D eigenvalue weighted by molar-refractivity contribution is 5.88. The van der Waals surface area contributed by atoms with Crippen LogP contribution in [0.15, 0.2) is 79.0 Å². The molecule has 0 N–H and O–H groups in total. The van der Waals surface area contributed by atoms with Crippen molar-refractivity contribution in [3.05, 3.63) is 95.8 Å². The molecule has 33 heavy (non-hydrogen) atoms. The van der Waals surface area contributed by atoms with Gasteiger partial charge in [-0.2, -0.15) is 0 Å². The number of amides is 2. The first-order valence-corrected chi connectivity index (χ1v) is 11.7. The molecular weight excluding hydrogens is 410 g/mol. The smallest absolute Gasteiger partial charge is 0.242 e. The lowest BCUT2D eigenvalue weighted by atomic mass is 9.94. The Balaban J connectivity index is 1.82. The van der Waals surface area contributed by atoms with Crippen LogP contribution in [0.3, 0.4) is 0 Å². The summed E-state index contributed by atoms with van der Waals surface area (Å²) in [4.78, 5) is 30.7. The summed E-state index contributed by atoms with van der Waals surface area (Å²) in [6.45, 7) is 7.03. The van der Waals surface area contributed by atoms with Crippen molar-refractivity contribution in [3.63, 3.8) is 0 Å². The first-order valence-electron chi connectivity index (χ1n) is 11.7. The van der Waals surface area contributed by atoms with Gasteiger partial charge in [0.15, 0.2) is 0 Å². The molecule has 0 aliphatic rings. The van der Waals surface area contributed by atoms with E-state index in [2.05, 4.69) is 0 Å². The zero-order valence-electron chi connectivity index (χ0n) is 20.1. The van der Waals surface area contributed by atoms with Gasteiger partial charge in [0.25, 0.3) is 0 Å². The van der Waals surface area contributed by atoms with Gasteiger partial charge in [0.05, 0.1) is 12.5 Å². The molecule has 5 nitrogen and oxygen atoms in total. The number of carbonyl (C=O) groups excluding carboxylic acids is 2. The summed E-state index contributed by atoms with van der Waals surface area (Å²) in [6, 6.07) is 23.8. The molecule has 0 spiro atoms. The van der Waals surface area contributed by atoms with Gasteiger partial charge >= 0.3 is 0 Å². The maximum absolute atomic E-state index is 13.6. The molecule has 0 aliphatic heterocycles. The third-order valence-electron chi connectivity index (χ3n) is 6.09. The van der Waals surface area contributed by atoms with Crippen molar-refractivity contribution >= 4 is 11.8 Å². The number of benzene rings is 2. The molecule has 3 rings (SSSR count). The molecule has 0 saturated heterocycles. The van der Waals surface area contributed by atoms with Crippen LogP contribution >= 0.6 is 0 Å². The average Bonchev–Trinajstić information content (AvgIpc) is 3.22. The van der Waals surface area contributed by atoms with Crippen molar-refractivity contribution in [1.82, 2.24) is 14.4 Å². The Bertz CT molecular complexity index is 1030. The Hall–Kier alpha value is -3.34. The van der Waals surface area contributed by atoms with Crippen LogP contribution in [-0.4, -0.2) is 38.8 Å². The van der Waals surface area contributed by atoms with E-state index in [4.69, 9.17) is 0 Å². The Labute approximate surface area is 197 Å². The molecule has 3 aromatic rings. The minimum Gasteiger partial charge on any atom is -0.353 e. The van der Waals surface area contributed by atoms with Crippen molar-refractivity contribution in [3.8, 4) is 0 Å². The highest BCUT2D eigenvalue weighted by Crippen LogP contribution is 2.23. The van der Waals surface area contributed by atoms with E-state index < -0.39 is 0 Å². The number of nitrogens with zero attached hydrogens (tertiary/aromatic N) is 3. The normalized spacial score (nSPS) is 11.9. The molecule has 5 heteroatoms. The second-order valence-corrected chi connectivity index (χ2v) is 8.78. The average molecular weight is 446 g/mol. The molecule has 1 heterocycles. The van der Waals surface area contributed by atoms with Crippen molar-refractivity contribution in [1.29, 1.82) is 0 Å². The van der Waals surface area contributed by atoms with Crippen molar-refractivity contribution < 1.29 is 9.59 Å². The molecule has 2 aromatic carbocycles. The lowest BCUT2D eigenvalue weighted by Crippen LogP contribution is -2.47. The Morgan fingerprint density at radius 2 is 1.52 bits per heavy atom. The molecule has 174 valence electrons. The predicted molar refractivity (Wildman–Crippen MR) is 132 cm³/mol. The van der Waals surface area contributed by atoms with Gasteiger partial charge in [-0.05, 0) is 43.5 Å². The number of rotatable bonds is 10. The molecule has 1 atom stereocenters. The monoisotopic (exact) mass is 445 g/mol. The van der Waals surface area contributed by atoms with Crippen LogP contribution in [0.1, 0.15) is 49.9 Å². The maximum atomic E-state index is 13.6. The van der Waals surface area contributed by atoms with E-state index in [1.54, 1.807) is 4.90 Å². The van der Waals surface area contributed by atoms with Crippen LogP contribution in [-0.2, 0) is 29.7 Å². The Kier molecular flexibility index (Phi) is 8.47. The highest BCUT2D eigenvalue weighted by Gasteiger charge is 2.29. The minimum absolute atomic E-state index is 0.00516. The molecule has 0 fully saturated rings. The highest BCUT2D eigenvalue weighted by atomic mass is 16.2. The summed E-state index contributed by atoms with van der Waals surface area (Å²) in [5.74, 6) is -0.299. The van der Waals surface area contributed by atoms with E-state index in [0.717, 1.165) is 16.8 Å². The fraction of sp³-hybridized carbons (Fsp3) is 0.357. The summed E-state index contributed by atoms with van der Waals surface area (Å²) in [7, 11) is 1.98. The zero-order chi connectivity index (χ0) is 23.8. The van der Waals surface area contributed by atoms with Crippen LogP contribution in [0, 0.1) is 0 Å². The zero-order valence-corrected chi connectivity index (χ0v) is 20.1. The fourth-order valence-corrected chi connectivity index (χ4v) is 4.09. The largest absolute Gasteiger partial charge is 0.353 e. The topological polar surface area (TPSA) is 45.6 Å². The van der Waals surface area contributed by atoms with Gasteiger partial charge in [0.2, 0.25) is 11.8 Å². The predicted octanol–water partition coefficient (Wildman–Crippen LogP) is 4.98. The molecule has 0 radical (unpaired) electrons. The molecule has 0 bridgehead atoms.